The molecule has 304 valence electrons. The molecule has 65 heavy (non-hydrogen) atoms. The topological polar surface area (TPSA) is 3.24 Å². The summed E-state index contributed by atoms with van der Waals surface area (Å²) in [7, 11) is 0. The van der Waals surface area contributed by atoms with Crippen LogP contribution in [0.2, 0.25) is 0 Å². The molecule has 1 unspecified atom stereocenters. The monoisotopic (exact) mass is 825 g/mol. The second-order valence-electron chi connectivity index (χ2n) is 18.7. The quantitative estimate of drug-likeness (QED) is 0.171. The molecule has 14 rings (SSSR count). The maximum absolute atomic E-state index is 2.55. The van der Waals surface area contributed by atoms with Gasteiger partial charge in [0.2, 0.25) is 0 Å². The molecule has 1 atom stereocenters. The lowest BCUT2D eigenvalue weighted by Gasteiger charge is -2.46. The van der Waals surface area contributed by atoms with Crippen LogP contribution in [0.1, 0.15) is 47.2 Å². The summed E-state index contributed by atoms with van der Waals surface area (Å²) < 4.78 is 0. The second kappa shape index (κ2) is 13.3. The minimum absolute atomic E-state index is 0.146. The van der Waals surface area contributed by atoms with Crippen LogP contribution in [0.15, 0.2) is 224 Å². The molecule has 0 saturated heterocycles. The van der Waals surface area contributed by atoms with E-state index in [0.717, 1.165) is 17.1 Å². The summed E-state index contributed by atoms with van der Waals surface area (Å²) in [6.07, 6.45) is 0. The van der Waals surface area contributed by atoms with Crippen LogP contribution in [0.25, 0.3) is 76.8 Å². The van der Waals surface area contributed by atoms with E-state index in [-0.39, 0.29) is 5.41 Å². The molecule has 0 aromatic heterocycles. The molecule has 3 aliphatic carbocycles. The second-order valence-corrected chi connectivity index (χ2v) is 18.7. The summed E-state index contributed by atoms with van der Waals surface area (Å²) >= 11 is 0. The molecular formula is C64H43N. The molecule has 0 heterocycles. The van der Waals surface area contributed by atoms with E-state index in [0.29, 0.717) is 0 Å². The maximum Gasteiger partial charge on any atom is 0.0726 e. The average molecular weight is 826 g/mol. The lowest BCUT2D eigenvalue weighted by atomic mass is 9.55. The van der Waals surface area contributed by atoms with Gasteiger partial charge in [-0.3, -0.25) is 0 Å². The van der Waals surface area contributed by atoms with Crippen LogP contribution >= 0.6 is 0 Å². The van der Waals surface area contributed by atoms with Gasteiger partial charge >= 0.3 is 0 Å². The smallest absolute Gasteiger partial charge is 0.0726 e. The van der Waals surface area contributed by atoms with Crippen molar-refractivity contribution in [1.82, 2.24) is 0 Å². The van der Waals surface area contributed by atoms with Crippen LogP contribution in [-0.2, 0) is 10.8 Å². The molecule has 0 bridgehead atoms. The minimum atomic E-state index is -0.608. The molecule has 0 aliphatic heterocycles. The molecular weight excluding hydrogens is 783 g/mol. The van der Waals surface area contributed by atoms with E-state index in [1.807, 2.05) is 0 Å². The molecule has 11 aromatic rings. The zero-order valence-corrected chi connectivity index (χ0v) is 36.3. The fraction of sp³-hybridized carbons (Fsp3) is 0.0625. The van der Waals surface area contributed by atoms with Gasteiger partial charge in [-0.1, -0.05) is 208 Å². The van der Waals surface area contributed by atoms with E-state index in [1.54, 1.807) is 0 Å². The highest BCUT2D eigenvalue weighted by Crippen LogP contribution is 2.62. The van der Waals surface area contributed by atoms with Gasteiger partial charge < -0.3 is 4.90 Å². The molecule has 1 spiro atoms. The SMILES string of the molecule is CC1(C)c2ccccc2-c2ccc(N(c3cccc4ccccc34)c3ccc4c5c(cccc35)C3(c5cc(-c6ccccc6)ccc5-c5cccc6cccc3c56)c3ccccc3-4)cc21. The standard InChI is InChI=1S/C64H43N/c1-63(2)53-27-10-8-23-46(53)48-35-33-44(39-57(48)63)65(59-31-14-19-41-18-6-7-22-45(41)59)60-37-36-51-47-24-9-11-28-54(47)64(56-30-15-26-52(60)62(51)56)55-29-13-21-42-20-12-25-50(61(42)55)49-34-32-43(38-58(49)64)40-16-4-3-5-17-40/h3-39H,1-2H3. The Morgan fingerprint density at radius 1 is 0.308 bits per heavy atom. The van der Waals surface area contributed by atoms with Crippen molar-refractivity contribution in [2.45, 2.75) is 24.7 Å². The Labute approximate surface area is 379 Å². The highest BCUT2D eigenvalue weighted by atomic mass is 15.1. The van der Waals surface area contributed by atoms with Gasteiger partial charge in [-0.15, -0.1) is 0 Å². The van der Waals surface area contributed by atoms with E-state index < -0.39 is 5.41 Å². The van der Waals surface area contributed by atoms with E-state index in [4.69, 9.17) is 0 Å². The number of benzene rings is 11. The first-order chi connectivity index (χ1) is 32.0. The van der Waals surface area contributed by atoms with Gasteiger partial charge in [0.1, 0.15) is 0 Å². The lowest BCUT2D eigenvalue weighted by molar-refractivity contribution is 0.660. The van der Waals surface area contributed by atoms with Crippen LogP contribution in [0.3, 0.4) is 0 Å². The minimum Gasteiger partial charge on any atom is -0.309 e. The average Bonchev–Trinajstić information content (AvgIpc) is 3.59. The van der Waals surface area contributed by atoms with Gasteiger partial charge in [0, 0.05) is 21.9 Å². The Morgan fingerprint density at radius 2 is 0.846 bits per heavy atom. The van der Waals surface area contributed by atoms with Gasteiger partial charge in [0.05, 0.1) is 16.8 Å². The summed E-state index contributed by atoms with van der Waals surface area (Å²) in [5.41, 5.74) is 21.0. The predicted molar refractivity (Wildman–Crippen MR) is 273 cm³/mol. The van der Waals surface area contributed by atoms with Crippen LogP contribution in [-0.4, -0.2) is 0 Å². The molecule has 0 N–H and O–H groups in total. The Hall–Kier alpha value is -8.00. The first kappa shape index (κ1) is 36.5. The number of fused-ring (bicyclic) bond motifs is 12. The third-order valence-electron chi connectivity index (χ3n) is 15.2. The number of nitrogens with zero attached hydrogens (tertiary/aromatic N) is 1. The van der Waals surface area contributed by atoms with Crippen LogP contribution in [0.5, 0.6) is 0 Å². The lowest BCUT2D eigenvalue weighted by Crippen LogP contribution is -2.36. The first-order valence-corrected chi connectivity index (χ1v) is 22.9. The van der Waals surface area contributed by atoms with E-state index in [2.05, 4.69) is 243 Å². The number of anilines is 3. The van der Waals surface area contributed by atoms with Gasteiger partial charge in [0.15, 0.2) is 0 Å². The number of hydrogen-bond donors (Lipinski definition) is 0. The van der Waals surface area contributed by atoms with Crippen LogP contribution in [0, 0.1) is 0 Å². The van der Waals surface area contributed by atoms with Crippen LogP contribution in [0.4, 0.5) is 17.1 Å². The fourth-order valence-electron chi connectivity index (χ4n) is 12.5. The van der Waals surface area contributed by atoms with Crippen molar-refractivity contribution in [2.75, 3.05) is 4.90 Å². The van der Waals surface area contributed by atoms with Gasteiger partial charge in [-0.05, 0) is 130 Å². The van der Waals surface area contributed by atoms with Crippen molar-refractivity contribution in [3.63, 3.8) is 0 Å². The molecule has 1 nitrogen and oxygen atoms in total. The van der Waals surface area contributed by atoms with Gasteiger partial charge in [-0.25, -0.2) is 0 Å². The predicted octanol–water partition coefficient (Wildman–Crippen LogP) is 16.9. The Morgan fingerprint density at radius 3 is 1.71 bits per heavy atom. The molecule has 3 aliphatic rings. The molecule has 0 amide bonds. The third-order valence-corrected chi connectivity index (χ3v) is 15.2. The molecule has 0 saturated carbocycles. The summed E-state index contributed by atoms with van der Waals surface area (Å²) in [4.78, 5) is 2.55. The Bertz CT molecular complexity index is 3810. The van der Waals surface area contributed by atoms with Crippen LogP contribution < -0.4 is 4.90 Å². The summed E-state index contributed by atoms with van der Waals surface area (Å²) in [5, 5.41) is 7.58. The van der Waals surface area contributed by atoms with Crippen molar-refractivity contribution in [3.8, 4) is 44.5 Å². The zero-order chi connectivity index (χ0) is 43.0. The Kier molecular flexibility index (Phi) is 7.45. The molecule has 1 heteroatoms. The first-order valence-electron chi connectivity index (χ1n) is 22.9. The summed E-state index contributed by atoms with van der Waals surface area (Å²) in [6, 6.07) is 84.9. The van der Waals surface area contributed by atoms with Crippen molar-refractivity contribution < 1.29 is 0 Å². The van der Waals surface area contributed by atoms with E-state index in [9.17, 15) is 0 Å². The number of hydrogen-bond acceptors (Lipinski definition) is 1. The van der Waals surface area contributed by atoms with E-state index >= 15 is 0 Å². The fourth-order valence-corrected chi connectivity index (χ4v) is 12.5. The Balaban J connectivity index is 1.11. The van der Waals surface area contributed by atoms with Gasteiger partial charge in [-0.2, -0.15) is 0 Å². The maximum atomic E-state index is 2.55. The summed E-state index contributed by atoms with van der Waals surface area (Å²) in [5.74, 6) is 0. The van der Waals surface area contributed by atoms with Gasteiger partial charge in [0.25, 0.3) is 0 Å². The normalized spacial score (nSPS) is 15.7. The zero-order valence-electron chi connectivity index (χ0n) is 36.3. The van der Waals surface area contributed by atoms with Crippen molar-refractivity contribution in [1.29, 1.82) is 0 Å². The van der Waals surface area contributed by atoms with Crippen molar-refractivity contribution in [2.24, 2.45) is 0 Å². The molecule has 0 fully saturated rings. The molecule has 0 radical (unpaired) electrons. The largest absolute Gasteiger partial charge is 0.309 e. The third kappa shape index (κ3) is 4.82. The summed E-state index contributed by atoms with van der Waals surface area (Å²) in [6.45, 7) is 4.76. The van der Waals surface area contributed by atoms with E-state index in [1.165, 1.54) is 110 Å². The highest BCUT2D eigenvalue weighted by molar-refractivity contribution is 6.15. The van der Waals surface area contributed by atoms with Crippen molar-refractivity contribution in [3.05, 3.63) is 258 Å². The highest BCUT2D eigenvalue weighted by Gasteiger charge is 2.49. The molecule has 11 aromatic carbocycles. The number of rotatable bonds is 4. The van der Waals surface area contributed by atoms with Crippen molar-refractivity contribution >= 4 is 49.4 Å².